The minimum absolute atomic E-state index is 0.124. The number of aromatic nitrogens is 2. The number of pyridine rings is 2. The van der Waals surface area contributed by atoms with E-state index in [1.807, 2.05) is 60.4 Å². The van der Waals surface area contributed by atoms with Crippen LogP contribution in [0.5, 0.6) is 5.75 Å². The molecular weight excluding hydrogens is 476 g/mol. The first-order chi connectivity index (χ1) is 17.5. The summed E-state index contributed by atoms with van der Waals surface area (Å²) in [6.07, 6.45) is 4.09. The van der Waals surface area contributed by atoms with Crippen LogP contribution in [-0.4, -0.2) is 47.2 Å². The van der Waals surface area contributed by atoms with E-state index in [1.54, 1.807) is 30.4 Å². The van der Waals surface area contributed by atoms with Crippen LogP contribution >= 0.6 is 11.3 Å². The van der Waals surface area contributed by atoms with Gasteiger partial charge in [0.2, 0.25) is 0 Å². The lowest BCUT2D eigenvalue weighted by Crippen LogP contribution is -2.25. The van der Waals surface area contributed by atoms with Crippen molar-refractivity contribution in [2.45, 2.75) is 13.3 Å². The molecule has 0 fully saturated rings. The van der Waals surface area contributed by atoms with Crippen molar-refractivity contribution in [3.63, 3.8) is 0 Å². The number of carbonyl (C=O) groups excluding carboxylic acids is 1. The maximum atomic E-state index is 13.3. The average molecular weight is 501 g/mol. The Bertz CT molecular complexity index is 1430. The van der Waals surface area contributed by atoms with E-state index in [2.05, 4.69) is 9.97 Å². The van der Waals surface area contributed by atoms with Gasteiger partial charge in [0.1, 0.15) is 16.4 Å². The summed E-state index contributed by atoms with van der Waals surface area (Å²) in [6, 6.07) is 16.6. The number of hydrogen-bond acceptors (Lipinski definition) is 7. The quantitative estimate of drug-likeness (QED) is 0.369. The van der Waals surface area contributed by atoms with Gasteiger partial charge in [-0.15, -0.1) is 11.3 Å². The molecule has 3 aromatic heterocycles. The minimum atomic E-state index is -0.921. The van der Waals surface area contributed by atoms with Crippen LogP contribution in [0.3, 0.4) is 0 Å². The second-order valence-electron chi connectivity index (χ2n) is 8.26. The number of ether oxygens (including phenoxy) is 1. The second-order valence-corrected chi connectivity index (χ2v) is 9.34. The zero-order valence-corrected chi connectivity index (χ0v) is 20.7. The largest absolute Gasteiger partial charge is 0.493 e. The van der Waals surface area contributed by atoms with Crippen LogP contribution in [0.2, 0.25) is 0 Å². The number of amides is 1. The Morgan fingerprint density at radius 3 is 2.61 bits per heavy atom. The Balaban J connectivity index is 1.28. The van der Waals surface area contributed by atoms with Crippen molar-refractivity contribution in [2.24, 2.45) is 0 Å². The van der Waals surface area contributed by atoms with E-state index >= 15 is 0 Å². The number of thiophene rings is 1. The Labute approximate surface area is 212 Å². The van der Waals surface area contributed by atoms with Crippen LogP contribution in [0.25, 0.3) is 10.4 Å². The van der Waals surface area contributed by atoms with E-state index in [0.717, 1.165) is 21.7 Å². The summed E-state index contributed by atoms with van der Waals surface area (Å²) in [5.74, 6) is 0.983. The summed E-state index contributed by atoms with van der Waals surface area (Å²) in [4.78, 5) is 38.3. The van der Waals surface area contributed by atoms with Gasteiger partial charge in [-0.05, 0) is 72.6 Å². The molecule has 182 valence electrons. The van der Waals surface area contributed by atoms with E-state index in [1.165, 1.54) is 11.3 Å². The molecule has 0 unspecified atom stereocenters. The van der Waals surface area contributed by atoms with Gasteiger partial charge in [0.25, 0.3) is 5.91 Å². The maximum absolute atomic E-state index is 13.3. The predicted molar refractivity (Wildman–Crippen MR) is 140 cm³/mol. The molecule has 0 saturated heterocycles. The van der Waals surface area contributed by atoms with Gasteiger partial charge in [0.05, 0.1) is 17.9 Å². The number of benzene rings is 1. The fourth-order valence-electron chi connectivity index (χ4n) is 4.17. The van der Waals surface area contributed by atoms with Crippen LogP contribution in [-0.2, 0) is 6.42 Å². The number of fused-ring (bicyclic) bond motifs is 2. The lowest BCUT2D eigenvalue weighted by molar-refractivity contribution is 0.0702. The van der Waals surface area contributed by atoms with Gasteiger partial charge < -0.3 is 19.6 Å². The molecule has 0 saturated carbocycles. The SMILES string of the molecule is CCN1c2ncc(CCOc3ccc(-c4ccc(C(=O)O)s4)cc3)cc2C(=O)N(C)c2cccnc21. The monoisotopic (exact) mass is 500 g/mol. The highest BCUT2D eigenvalue weighted by Crippen LogP contribution is 2.37. The molecule has 4 aromatic rings. The van der Waals surface area contributed by atoms with Crippen molar-refractivity contribution in [1.82, 2.24) is 9.97 Å². The third-order valence-corrected chi connectivity index (χ3v) is 7.15. The van der Waals surface area contributed by atoms with Gasteiger partial charge in [0, 0.05) is 37.3 Å². The van der Waals surface area contributed by atoms with Crippen molar-refractivity contribution in [3.8, 4) is 16.2 Å². The molecule has 8 nitrogen and oxygen atoms in total. The highest BCUT2D eigenvalue weighted by molar-refractivity contribution is 7.17. The first-order valence-corrected chi connectivity index (χ1v) is 12.3. The van der Waals surface area contributed by atoms with Gasteiger partial charge in [0.15, 0.2) is 5.82 Å². The van der Waals surface area contributed by atoms with Crippen molar-refractivity contribution in [2.75, 3.05) is 30.0 Å². The molecule has 1 aromatic carbocycles. The zero-order chi connectivity index (χ0) is 25.2. The van der Waals surface area contributed by atoms with Crippen molar-refractivity contribution >= 4 is 40.5 Å². The summed E-state index contributed by atoms with van der Waals surface area (Å²) < 4.78 is 5.92. The molecule has 0 bridgehead atoms. The predicted octanol–water partition coefficient (Wildman–Crippen LogP) is 5.27. The van der Waals surface area contributed by atoms with Gasteiger partial charge in [-0.1, -0.05) is 0 Å². The smallest absolute Gasteiger partial charge is 0.345 e. The van der Waals surface area contributed by atoms with Crippen LogP contribution < -0.4 is 14.5 Å². The summed E-state index contributed by atoms with van der Waals surface area (Å²) in [6.45, 7) is 3.06. The number of rotatable bonds is 7. The Kier molecular flexibility index (Phi) is 6.39. The average Bonchev–Trinajstić information content (AvgIpc) is 3.38. The Hall–Kier alpha value is -4.24. The van der Waals surface area contributed by atoms with E-state index in [4.69, 9.17) is 9.84 Å². The minimum Gasteiger partial charge on any atom is -0.493 e. The van der Waals surface area contributed by atoms with E-state index in [-0.39, 0.29) is 5.91 Å². The summed E-state index contributed by atoms with van der Waals surface area (Å²) in [7, 11) is 1.75. The van der Waals surface area contributed by atoms with Gasteiger partial charge in [-0.3, -0.25) is 4.79 Å². The number of carboxylic acids is 1. The summed E-state index contributed by atoms with van der Waals surface area (Å²) >= 11 is 1.24. The normalized spacial score (nSPS) is 12.7. The van der Waals surface area contributed by atoms with Gasteiger partial charge >= 0.3 is 5.97 Å². The van der Waals surface area contributed by atoms with Gasteiger partial charge in [-0.25, -0.2) is 14.8 Å². The first-order valence-electron chi connectivity index (χ1n) is 11.5. The van der Waals surface area contributed by atoms with Crippen LogP contribution in [0.15, 0.2) is 67.0 Å². The maximum Gasteiger partial charge on any atom is 0.345 e. The number of hydrogen-bond donors (Lipinski definition) is 1. The van der Waals surface area contributed by atoms with Crippen LogP contribution in [0.1, 0.15) is 32.5 Å². The van der Waals surface area contributed by atoms with Gasteiger partial charge in [-0.2, -0.15) is 0 Å². The molecule has 5 rings (SSSR count). The fourth-order valence-corrected chi connectivity index (χ4v) is 5.02. The zero-order valence-electron chi connectivity index (χ0n) is 19.8. The molecule has 9 heteroatoms. The highest BCUT2D eigenvalue weighted by atomic mass is 32.1. The van der Waals surface area contributed by atoms with Crippen molar-refractivity contribution in [1.29, 1.82) is 0 Å². The molecular formula is C27H24N4O4S. The van der Waals surface area contributed by atoms with E-state index in [0.29, 0.717) is 47.4 Å². The third-order valence-electron chi connectivity index (χ3n) is 6.03. The third kappa shape index (κ3) is 4.40. The molecule has 0 spiro atoms. The Morgan fingerprint density at radius 1 is 1.08 bits per heavy atom. The Morgan fingerprint density at radius 2 is 1.89 bits per heavy atom. The number of carbonyl (C=O) groups is 2. The number of nitrogens with zero attached hydrogens (tertiary/aromatic N) is 4. The molecule has 1 N–H and O–H groups in total. The second kappa shape index (κ2) is 9.79. The van der Waals surface area contributed by atoms with Crippen molar-refractivity contribution < 1.29 is 19.4 Å². The molecule has 1 aliphatic heterocycles. The molecule has 4 heterocycles. The standard InChI is InChI=1S/C27H24N4O4S/c1-3-31-24-20(26(32)30(2)21-5-4-13-28-25(21)31)15-17(16-29-24)12-14-35-19-8-6-18(7-9-19)22-10-11-23(36-22)27(33)34/h4-11,13,15-16H,3,12,14H2,1-2H3,(H,33,34). The molecule has 0 radical (unpaired) electrons. The molecule has 36 heavy (non-hydrogen) atoms. The van der Waals surface area contributed by atoms with Crippen molar-refractivity contribution in [3.05, 3.63) is 83.0 Å². The summed E-state index contributed by atoms with van der Waals surface area (Å²) in [5, 5.41) is 9.11. The number of aromatic carboxylic acids is 1. The molecule has 1 aliphatic rings. The number of anilines is 3. The lowest BCUT2D eigenvalue weighted by Gasteiger charge is -2.22. The lowest BCUT2D eigenvalue weighted by atomic mass is 10.1. The highest BCUT2D eigenvalue weighted by Gasteiger charge is 2.30. The van der Waals surface area contributed by atoms with Crippen LogP contribution in [0, 0.1) is 0 Å². The fraction of sp³-hybridized carbons (Fsp3) is 0.185. The molecule has 0 aliphatic carbocycles. The first kappa shape index (κ1) is 23.5. The topological polar surface area (TPSA) is 95.9 Å². The molecule has 1 amide bonds. The summed E-state index contributed by atoms with van der Waals surface area (Å²) in [5.41, 5.74) is 3.13. The molecule has 0 atom stereocenters. The van der Waals surface area contributed by atoms with Crippen LogP contribution in [0.4, 0.5) is 17.3 Å². The van der Waals surface area contributed by atoms with E-state index in [9.17, 15) is 9.59 Å². The van der Waals surface area contributed by atoms with E-state index < -0.39 is 5.97 Å². The number of carboxylic acid groups (broad SMARTS) is 1.